The molecule has 1 aromatic carbocycles. The smallest absolute Gasteiger partial charge is 0.407 e. The van der Waals surface area contributed by atoms with Gasteiger partial charge in [0, 0.05) is 19.2 Å². The molecular formula is C17H30N2O3. The maximum absolute atomic E-state index is 11.2. The molecule has 0 unspecified atom stereocenters. The minimum atomic E-state index is -0.414. The Hall–Kier alpha value is -2.04. The number of carbonyl (C=O) groups is 2. The molecule has 5 heteroatoms. The number of hydrogen-bond acceptors (Lipinski definition) is 3. The highest BCUT2D eigenvalue weighted by Crippen LogP contribution is 2.10. The van der Waals surface area contributed by atoms with E-state index < -0.39 is 6.09 Å². The molecule has 5 nitrogen and oxygen atoms in total. The van der Waals surface area contributed by atoms with Gasteiger partial charge in [-0.3, -0.25) is 4.79 Å². The Morgan fingerprint density at radius 1 is 1.05 bits per heavy atom. The molecule has 0 heterocycles. The summed E-state index contributed by atoms with van der Waals surface area (Å²) in [6, 6.07) is 7.14. The summed E-state index contributed by atoms with van der Waals surface area (Å²) in [5, 5.41) is 5.29. The van der Waals surface area contributed by atoms with Crippen LogP contribution in [0.2, 0.25) is 0 Å². The fourth-order valence-electron chi connectivity index (χ4n) is 1.31. The maximum Gasteiger partial charge on any atom is 0.407 e. The molecule has 1 rings (SSSR count). The van der Waals surface area contributed by atoms with E-state index in [9.17, 15) is 9.59 Å². The van der Waals surface area contributed by atoms with Crippen LogP contribution in [-0.4, -0.2) is 18.5 Å². The van der Waals surface area contributed by atoms with Crippen molar-refractivity contribution >= 4 is 17.7 Å². The molecule has 0 aromatic heterocycles. The van der Waals surface area contributed by atoms with Gasteiger partial charge in [-0.25, -0.2) is 4.79 Å². The van der Waals surface area contributed by atoms with Gasteiger partial charge in [-0.05, 0) is 24.1 Å². The minimum Gasteiger partial charge on any atom is -0.445 e. The van der Waals surface area contributed by atoms with Crippen molar-refractivity contribution in [3.63, 3.8) is 0 Å². The van der Waals surface area contributed by atoms with Crippen molar-refractivity contribution in [2.24, 2.45) is 0 Å². The first kappa shape index (κ1) is 22.2. The third kappa shape index (κ3) is 11.8. The summed E-state index contributed by atoms with van der Waals surface area (Å²) in [7, 11) is 0. The molecule has 126 valence electrons. The van der Waals surface area contributed by atoms with Crippen molar-refractivity contribution in [1.29, 1.82) is 0 Å². The van der Waals surface area contributed by atoms with E-state index in [-0.39, 0.29) is 12.5 Å². The second-order valence-electron chi connectivity index (χ2n) is 3.88. The number of rotatable bonds is 5. The van der Waals surface area contributed by atoms with Crippen LogP contribution in [0.3, 0.4) is 0 Å². The van der Waals surface area contributed by atoms with E-state index in [4.69, 9.17) is 4.74 Å². The molecule has 0 saturated carbocycles. The maximum atomic E-state index is 11.2. The van der Waals surface area contributed by atoms with Crippen LogP contribution in [0.25, 0.3) is 0 Å². The molecule has 22 heavy (non-hydrogen) atoms. The van der Waals surface area contributed by atoms with Crippen molar-refractivity contribution in [3.8, 4) is 0 Å². The fourth-order valence-corrected chi connectivity index (χ4v) is 1.31. The number of hydrogen-bond donors (Lipinski definition) is 2. The third-order valence-corrected chi connectivity index (χ3v) is 2.16. The highest BCUT2D eigenvalue weighted by Gasteiger charge is 2.01. The Labute approximate surface area is 134 Å². The predicted molar refractivity (Wildman–Crippen MR) is 91.9 cm³/mol. The van der Waals surface area contributed by atoms with Gasteiger partial charge in [-0.2, -0.15) is 0 Å². The average Bonchev–Trinajstić information content (AvgIpc) is 2.55. The summed E-state index contributed by atoms with van der Waals surface area (Å²) in [5.41, 5.74) is 1.59. The van der Waals surface area contributed by atoms with Crippen LogP contribution < -0.4 is 10.6 Å². The summed E-state index contributed by atoms with van der Waals surface area (Å²) in [5.74, 6) is -0.113. The summed E-state index contributed by atoms with van der Waals surface area (Å²) in [6.45, 7) is 12.3. The van der Waals surface area contributed by atoms with Crippen molar-refractivity contribution in [1.82, 2.24) is 5.32 Å². The summed E-state index contributed by atoms with van der Waals surface area (Å²) in [4.78, 5) is 22.0. The Morgan fingerprint density at radius 3 is 2.05 bits per heavy atom. The van der Waals surface area contributed by atoms with Gasteiger partial charge in [0.25, 0.3) is 0 Å². The summed E-state index contributed by atoms with van der Waals surface area (Å²) in [6.07, 6.45) is 0.461. The van der Waals surface area contributed by atoms with Gasteiger partial charge < -0.3 is 15.4 Å². The molecule has 2 N–H and O–H groups in total. The molecule has 0 aliphatic heterocycles. The molecule has 0 bridgehead atoms. The molecule has 0 aliphatic carbocycles. The number of ether oxygens (including phenoxy) is 1. The summed E-state index contributed by atoms with van der Waals surface area (Å²) < 4.78 is 5.01. The van der Waals surface area contributed by atoms with E-state index in [1.54, 1.807) is 24.3 Å². The summed E-state index contributed by atoms with van der Waals surface area (Å²) >= 11 is 0. The van der Waals surface area contributed by atoms with Crippen LogP contribution in [0, 0.1) is 0 Å². The van der Waals surface area contributed by atoms with Crippen LogP contribution in [-0.2, 0) is 16.1 Å². The third-order valence-electron chi connectivity index (χ3n) is 2.16. The van der Waals surface area contributed by atoms with Crippen LogP contribution in [0.4, 0.5) is 10.5 Å². The van der Waals surface area contributed by atoms with Crippen molar-refractivity contribution in [3.05, 3.63) is 29.8 Å². The minimum absolute atomic E-state index is 0.113. The van der Waals surface area contributed by atoms with Gasteiger partial charge in [0.1, 0.15) is 6.61 Å². The Bertz CT molecular complexity index is 403. The molecule has 1 aromatic rings. The van der Waals surface area contributed by atoms with E-state index in [0.29, 0.717) is 6.54 Å². The highest BCUT2D eigenvalue weighted by molar-refractivity contribution is 5.88. The van der Waals surface area contributed by atoms with E-state index in [0.717, 1.165) is 17.7 Å². The van der Waals surface area contributed by atoms with E-state index in [1.165, 1.54) is 6.92 Å². The second kappa shape index (κ2) is 15.4. The quantitative estimate of drug-likeness (QED) is 0.850. The first-order chi connectivity index (χ1) is 10.6. The van der Waals surface area contributed by atoms with Gasteiger partial charge in [0.05, 0.1) is 0 Å². The van der Waals surface area contributed by atoms with Crippen LogP contribution >= 0.6 is 0 Å². The predicted octanol–water partition coefficient (Wildman–Crippen LogP) is 4.33. The van der Waals surface area contributed by atoms with Crippen LogP contribution in [0.15, 0.2) is 24.3 Å². The molecule has 2 amide bonds. The zero-order chi connectivity index (χ0) is 17.4. The number of nitrogens with one attached hydrogen (secondary N) is 2. The number of anilines is 1. The SMILES string of the molecule is CC.CC.CCCNC(=O)OCc1ccc(NC(C)=O)cc1. The van der Waals surface area contributed by atoms with Gasteiger partial charge in [0.2, 0.25) is 5.91 Å². The zero-order valence-electron chi connectivity index (χ0n) is 14.7. The lowest BCUT2D eigenvalue weighted by molar-refractivity contribution is -0.114. The van der Waals surface area contributed by atoms with Crippen LogP contribution in [0.1, 0.15) is 53.5 Å². The van der Waals surface area contributed by atoms with Gasteiger partial charge in [-0.1, -0.05) is 46.8 Å². The number of carbonyl (C=O) groups excluding carboxylic acids is 2. The first-order valence-electron chi connectivity index (χ1n) is 7.89. The molecule has 0 saturated heterocycles. The van der Waals surface area contributed by atoms with Gasteiger partial charge in [-0.15, -0.1) is 0 Å². The first-order valence-corrected chi connectivity index (χ1v) is 7.89. The molecule has 0 aliphatic rings. The van der Waals surface area contributed by atoms with Crippen molar-refractivity contribution in [2.45, 2.75) is 54.6 Å². The second-order valence-corrected chi connectivity index (χ2v) is 3.88. The highest BCUT2D eigenvalue weighted by atomic mass is 16.5. The molecular weight excluding hydrogens is 280 g/mol. The lowest BCUT2D eigenvalue weighted by Crippen LogP contribution is -2.24. The monoisotopic (exact) mass is 310 g/mol. The lowest BCUT2D eigenvalue weighted by atomic mass is 10.2. The molecule has 0 spiro atoms. The number of amides is 2. The van der Waals surface area contributed by atoms with Crippen molar-refractivity contribution in [2.75, 3.05) is 11.9 Å². The lowest BCUT2D eigenvalue weighted by Gasteiger charge is -2.07. The number of benzene rings is 1. The normalized spacial score (nSPS) is 8.45. The van der Waals surface area contributed by atoms with E-state index >= 15 is 0 Å². The van der Waals surface area contributed by atoms with Gasteiger partial charge in [0.15, 0.2) is 0 Å². The van der Waals surface area contributed by atoms with E-state index in [1.807, 2.05) is 34.6 Å². The fraction of sp³-hybridized carbons (Fsp3) is 0.529. The Morgan fingerprint density at radius 2 is 1.59 bits per heavy atom. The Kier molecular flexibility index (Phi) is 15.5. The van der Waals surface area contributed by atoms with Crippen molar-refractivity contribution < 1.29 is 14.3 Å². The van der Waals surface area contributed by atoms with Crippen LogP contribution in [0.5, 0.6) is 0 Å². The number of alkyl carbamates (subject to hydrolysis) is 1. The topological polar surface area (TPSA) is 67.4 Å². The van der Waals surface area contributed by atoms with E-state index in [2.05, 4.69) is 10.6 Å². The molecule has 0 fully saturated rings. The van der Waals surface area contributed by atoms with Gasteiger partial charge >= 0.3 is 6.09 Å². The Balaban J connectivity index is 0. The average molecular weight is 310 g/mol. The largest absolute Gasteiger partial charge is 0.445 e. The molecule has 0 atom stereocenters. The molecule has 0 radical (unpaired) electrons. The zero-order valence-corrected chi connectivity index (χ0v) is 14.7. The standard InChI is InChI=1S/C13H18N2O3.2C2H6/c1-3-8-14-13(17)18-9-11-4-6-12(7-5-11)15-10(2)16;2*1-2/h4-7H,3,8-9H2,1-2H3,(H,14,17)(H,15,16);2*1-2H3.